The number of aromatic amines is 1. The molecule has 30 heavy (non-hydrogen) atoms. The molecule has 0 fully saturated rings. The first-order valence-corrected chi connectivity index (χ1v) is 9.51. The highest BCUT2D eigenvalue weighted by atomic mass is 32.1. The molecule has 2 N–H and O–H groups in total. The van der Waals surface area contributed by atoms with Gasteiger partial charge in [0.1, 0.15) is 23.0 Å². The van der Waals surface area contributed by atoms with Crippen molar-refractivity contribution in [1.29, 1.82) is 0 Å². The van der Waals surface area contributed by atoms with E-state index < -0.39 is 0 Å². The highest BCUT2D eigenvalue weighted by Crippen LogP contribution is 2.32. The van der Waals surface area contributed by atoms with Crippen LogP contribution < -0.4 is 24.5 Å². The Morgan fingerprint density at radius 2 is 1.73 bits per heavy atom. The number of H-pyrrole nitrogens is 1. The summed E-state index contributed by atoms with van der Waals surface area (Å²) in [5.74, 6) is 3.09. The smallest absolute Gasteiger partial charge is 0.216 e. The Kier molecular flexibility index (Phi) is 6.91. The number of ether oxygens (including phenoxy) is 4. The summed E-state index contributed by atoms with van der Waals surface area (Å²) >= 11 is 5.32. The van der Waals surface area contributed by atoms with Crippen LogP contribution in [0.1, 0.15) is 12.5 Å². The lowest BCUT2D eigenvalue weighted by Gasteiger charge is -2.12. The fourth-order valence-corrected chi connectivity index (χ4v) is 2.93. The summed E-state index contributed by atoms with van der Waals surface area (Å²) < 4.78 is 23.5. The number of hydrazone groups is 1. The van der Waals surface area contributed by atoms with E-state index in [0.717, 1.165) is 11.3 Å². The molecule has 3 rings (SSSR count). The SMILES string of the molecule is CCOc1ccc(-c2n[nH]c(=S)n2NN=Cc2c(OC)cc(OC)cc2OC)cc1. The van der Waals surface area contributed by atoms with Gasteiger partial charge in [-0.3, -0.25) is 0 Å². The molecule has 0 amide bonds. The lowest BCUT2D eigenvalue weighted by atomic mass is 10.2. The third kappa shape index (κ3) is 4.54. The van der Waals surface area contributed by atoms with E-state index in [1.807, 2.05) is 31.2 Å². The predicted molar refractivity (Wildman–Crippen MR) is 117 cm³/mol. The van der Waals surface area contributed by atoms with Crippen LogP contribution in [0.15, 0.2) is 41.5 Å². The molecule has 3 aromatic rings. The van der Waals surface area contributed by atoms with Crippen LogP contribution in [-0.4, -0.2) is 49.0 Å². The highest BCUT2D eigenvalue weighted by molar-refractivity contribution is 7.71. The molecule has 10 heteroatoms. The van der Waals surface area contributed by atoms with E-state index in [9.17, 15) is 0 Å². The topological polar surface area (TPSA) is 94.9 Å². The van der Waals surface area contributed by atoms with E-state index in [1.165, 1.54) is 0 Å². The van der Waals surface area contributed by atoms with Crippen molar-refractivity contribution < 1.29 is 18.9 Å². The standard InChI is InChI=1S/C20H23N5O4S/c1-5-29-14-8-6-13(7-9-14)19-22-23-20(30)25(19)24-21-12-16-17(27-3)10-15(26-2)11-18(16)28-4/h6-12,24H,5H2,1-4H3,(H,23,30). The summed E-state index contributed by atoms with van der Waals surface area (Å²) in [7, 11) is 4.71. The van der Waals surface area contributed by atoms with Crippen molar-refractivity contribution in [3.63, 3.8) is 0 Å². The van der Waals surface area contributed by atoms with Crippen molar-refractivity contribution >= 4 is 18.4 Å². The van der Waals surface area contributed by atoms with Crippen LogP contribution in [0, 0.1) is 4.77 Å². The monoisotopic (exact) mass is 429 g/mol. The Hall–Kier alpha value is -3.53. The Labute approximate surface area is 179 Å². The second-order valence-electron chi connectivity index (χ2n) is 5.95. The van der Waals surface area contributed by atoms with E-state index in [2.05, 4.69) is 20.8 Å². The molecule has 158 valence electrons. The average molecular weight is 430 g/mol. The Morgan fingerprint density at radius 1 is 1.07 bits per heavy atom. The number of benzene rings is 2. The lowest BCUT2D eigenvalue weighted by Crippen LogP contribution is -2.11. The number of hydrogen-bond donors (Lipinski definition) is 2. The first kappa shape index (κ1) is 21.2. The number of aromatic nitrogens is 3. The van der Waals surface area contributed by atoms with E-state index in [1.54, 1.807) is 44.4 Å². The van der Waals surface area contributed by atoms with Crippen molar-refractivity contribution in [1.82, 2.24) is 14.9 Å². The van der Waals surface area contributed by atoms with Gasteiger partial charge < -0.3 is 18.9 Å². The third-order valence-electron chi connectivity index (χ3n) is 4.20. The number of nitrogens with one attached hydrogen (secondary N) is 2. The number of methoxy groups -OCH3 is 3. The zero-order valence-corrected chi connectivity index (χ0v) is 17.9. The molecule has 2 aromatic carbocycles. The second-order valence-corrected chi connectivity index (χ2v) is 6.34. The lowest BCUT2D eigenvalue weighted by molar-refractivity contribution is 0.340. The van der Waals surface area contributed by atoms with Gasteiger partial charge in [0.15, 0.2) is 5.82 Å². The quantitative estimate of drug-likeness (QED) is 0.305. The summed E-state index contributed by atoms with van der Waals surface area (Å²) in [6, 6.07) is 11.0. The van der Waals surface area contributed by atoms with Crippen molar-refractivity contribution in [3.8, 4) is 34.4 Å². The first-order valence-electron chi connectivity index (χ1n) is 9.11. The van der Waals surface area contributed by atoms with Crippen LogP contribution in [0.3, 0.4) is 0 Å². The van der Waals surface area contributed by atoms with Crippen molar-refractivity contribution in [2.45, 2.75) is 6.92 Å². The summed E-state index contributed by atoms with van der Waals surface area (Å²) in [4.78, 5) is 0. The maximum atomic E-state index is 5.48. The minimum atomic E-state index is 0.365. The summed E-state index contributed by atoms with van der Waals surface area (Å²) in [5.41, 5.74) is 4.38. The van der Waals surface area contributed by atoms with E-state index in [4.69, 9.17) is 31.2 Å². The van der Waals surface area contributed by atoms with Crippen LogP contribution in [0.5, 0.6) is 23.0 Å². The van der Waals surface area contributed by atoms with Gasteiger partial charge in [-0.05, 0) is 43.4 Å². The van der Waals surface area contributed by atoms with E-state index in [0.29, 0.717) is 40.0 Å². The molecule has 1 aromatic heterocycles. The maximum Gasteiger partial charge on any atom is 0.216 e. The molecule has 0 saturated carbocycles. The fourth-order valence-electron chi connectivity index (χ4n) is 2.76. The van der Waals surface area contributed by atoms with Crippen molar-refractivity contribution in [2.75, 3.05) is 33.5 Å². The van der Waals surface area contributed by atoms with Crippen LogP contribution in [0.25, 0.3) is 11.4 Å². The Morgan fingerprint density at radius 3 is 2.30 bits per heavy atom. The fraction of sp³-hybridized carbons (Fsp3) is 0.250. The first-order chi connectivity index (χ1) is 14.6. The molecule has 1 heterocycles. The number of rotatable bonds is 9. The largest absolute Gasteiger partial charge is 0.496 e. The number of hydrogen-bond acceptors (Lipinski definition) is 8. The van der Waals surface area contributed by atoms with Gasteiger partial charge in [-0.15, -0.1) is 0 Å². The average Bonchev–Trinajstić information content (AvgIpc) is 3.14. The zero-order valence-electron chi connectivity index (χ0n) is 17.1. The molecule has 9 nitrogen and oxygen atoms in total. The molecule has 0 aliphatic carbocycles. The molecular formula is C20H23N5O4S. The predicted octanol–water partition coefficient (Wildman–Crippen LogP) is 3.61. The van der Waals surface area contributed by atoms with Gasteiger partial charge in [0.05, 0.1) is 39.7 Å². The molecule has 0 aliphatic heterocycles. The summed E-state index contributed by atoms with van der Waals surface area (Å²) in [6.45, 7) is 2.54. The van der Waals surface area contributed by atoms with Gasteiger partial charge in [0.25, 0.3) is 0 Å². The van der Waals surface area contributed by atoms with E-state index in [-0.39, 0.29) is 0 Å². The molecular weight excluding hydrogens is 406 g/mol. The highest BCUT2D eigenvalue weighted by Gasteiger charge is 2.12. The van der Waals surface area contributed by atoms with Gasteiger partial charge in [0, 0.05) is 17.7 Å². The minimum absolute atomic E-state index is 0.365. The van der Waals surface area contributed by atoms with Gasteiger partial charge in [-0.25, -0.2) is 10.6 Å². The maximum absolute atomic E-state index is 5.48. The minimum Gasteiger partial charge on any atom is -0.496 e. The molecule has 0 aliphatic rings. The Balaban J connectivity index is 1.88. The summed E-state index contributed by atoms with van der Waals surface area (Å²) in [5, 5.41) is 11.3. The van der Waals surface area contributed by atoms with E-state index >= 15 is 0 Å². The zero-order chi connectivity index (χ0) is 21.5. The van der Waals surface area contributed by atoms with Crippen LogP contribution in [-0.2, 0) is 0 Å². The molecule has 0 saturated heterocycles. The normalized spacial score (nSPS) is 10.8. The van der Waals surface area contributed by atoms with Gasteiger partial charge in [-0.2, -0.15) is 14.9 Å². The molecule has 0 radical (unpaired) electrons. The van der Waals surface area contributed by atoms with Crippen LogP contribution in [0.4, 0.5) is 0 Å². The van der Waals surface area contributed by atoms with Crippen LogP contribution >= 0.6 is 12.2 Å². The van der Waals surface area contributed by atoms with Crippen LogP contribution in [0.2, 0.25) is 0 Å². The summed E-state index contributed by atoms with van der Waals surface area (Å²) in [6.07, 6.45) is 1.58. The molecule has 0 unspecified atom stereocenters. The molecule has 0 spiro atoms. The van der Waals surface area contributed by atoms with Gasteiger partial charge >= 0.3 is 0 Å². The van der Waals surface area contributed by atoms with Gasteiger partial charge in [0.2, 0.25) is 4.77 Å². The van der Waals surface area contributed by atoms with Crippen molar-refractivity contribution in [2.24, 2.45) is 5.10 Å². The third-order valence-corrected chi connectivity index (χ3v) is 4.47. The second kappa shape index (κ2) is 9.79. The Bertz CT molecular complexity index is 1050. The molecule has 0 bridgehead atoms. The molecule has 0 atom stereocenters. The number of nitrogens with zero attached hydrogens (tertiary/aromatic N) is 3. The van der Waals surface area contributed by atoms with Gasteiger partial charge in [-0.1, -0.05) is 0 Å². The van der Waals surface area contributed by atoms with Crippen molar-refractivity contribution in [3.05, 3.63) is 46.7 Å².